The van der Waals surface area contributed by atoms with Crippen molar-refractivity contribution in [2.45, 2.75) is 414 Å². The number of carbonyl (C=O) groups excluding carboxylic acids is 4. The van der Waals surface area contributed by atoms with Crippen LogP contribution in [0.25, 0.3) is 0 Å². The molecule has 0 aliphatic rings. The Morgan fingerprint density at radius 1 is 0.289 bits per heavy atom. The van der Waals surface area contributed by atoms with Gasteiger partial charge in [-0.1, -0.05) is 344 Å². The Labute approximate surface area is 594 Å². The van der Waals surface area contributed by atoms with Gasteiger partial charge in [0.05, 0.1) is 26.4 Å². The predicted octanol–water partition coefficient (Wildman–Crippen LogP) is 22.8. The topological polar surface area (TPSA) is 237 Å². The molecule has 97 heavy (non-hydrogen) atoms. The number of hydrogen-bond donors (Lipinski definition) is 3. The van der Waals surface area contributed by atoms with E-state index in [0.29, 0.717) is 25.7 Å². The van der Waals surface area contributed by atoms with Gasteiger partial charge in [0.2, 0.25) is 0 Å². The molecule has 0 heterocycles. The van der Waals surface area contributed by atoms with E-state index in [2.05, 4.69) is 55.4 Å². The molecule has 0 fully saturated rings. The Morgan fingerprint density at radius 3 is 0.732 bits per heavy atom. The molecule has 0 aromatic carbocycles. The van der Waals surface area contributed by atoms with E-state index in [1.54, 1.807) is 0 Å². The lowest BCUT2D eigenvalue weighted by Gasteiger charge is -2.21. The van der Waals surface area contributed by atoms with Crippen LogP contribution < -0.4 is 0 Å². The minimum atomic E-state index is -4.96. The van der Waals surface area contributed by atoms with Gasteiger partial charge in [0, 0.05) is 25.7 Å². The summed E-state index contributed by atoms with van der Waals surface area (Å²) in [5.74, 6) is 1.00. The fourth-order valence-electron chi connectivity index (χ4n) is 11.8. The van der Waals surface area contributed by atoms with Gasteiger partial charge in [-0.15, -0.1) is 0 Å². The summed E-state index contributed by atoms with van der Waals surface area (Å²) in [5.41, 5.74) is 0. The third-order valence-electron chi connectivity index (χ3n) is 19.2. The Morgan fingerprint density at radius 2 is 0.495 bits per heavy atom. The van der Waals surface area contributed by atoms with Crippen molar-refractivity contribution in [3.63, 3.8) is 0 Å². The Kier molecular flexibility index (Phi) is 65.9. The largest absolute Gasteiger partial charge is 0.472 e. The van der Waals surface area contributed by atoms with E-state index in [4.69, 9.17) is 37.0 Å². The van der Waals surface area contributed by atoms with Crippen LogP contribution in [0.4, 0.5) is 0 Å². The summed E-state index contributed by atoms with van der Waals surface area (Å²) in [7, 11) is -9.91. The van der Waals surface area contributed by atoms with Gasteiger partial charge in [-0.25, -0.2) is 9.13 Å². The van der Waals surface area contributed by atoms with Gasteiger partial charge >= 0.3 is 39.5 Å². The summed E-state index contributed by atoms with van der Waals surface area (Å²) in [5, 5.41) is 10.6. The second kappa shape index (κ2) is 67.2. The van der Waals surface area contributed by atoms with Crippen LogP contribution in [0.15, 0.2) is 0 Å². The second-order valence-corrected chi connectivity index (χ2v) is 32.2. The predicted molar refractivity (Wildman–Crippen MR) is 395 cm³/mol. The zero-order valence-electron chi connectivity index (χ0n) is 63.7. The van der Waals surface area contributed by atoms with Crippen molar-refractivity contribution in [1.29, 1.82) is 0 Å². The van der Waals surface area contributed by atoms with Gasteiger partial charge in [0.15, 0.2) is 12.2 Å². The van der Waals surface area contributed by atoms with Crippen LogP contribution in [0.2, 0.25) is 0 Å². The molecule has 8 atom stereocenters. The molecule has 0 aliphatic heterocycles. The molecule has 576 valence electrons. The Balaban J connectivity index is 5.18. The highest BCUT2D eigenvalue weighted by Gasteiger charge is 2.30. The number of aliphatic hydroxyl groups is 1. The van der Waals surface area contributed by atoms with Crippen molar-refractivity contribution in [2.24, 2.45) is 23.7 Å². The van der Waals surface area contributed by atoms with Crippen LogP contribution >= 0.6 is 15.6 Å². The summed E-state index contributed by atoms with van der Waals surface area (Å²) < 4.78 is 68.5. The Bertz CT molecular complexity index is 1910. The van der Waals surface area contributed by atoms with Gasteiger partial charge < -0.3 is 33.8 Å². The quantitative estimate of drug-likeness (QED) is 0.0222. The van der Waals surface area contributed by atoms with E-state index < -0.39 is 97.5 Å². The lowest BCUT2D eigenvalue weighted by atomic mass is 9.99. The number of aliphatic hydroxyl groups excluding tert-OH is 1. The molecule has 0 aromatic heterocycles. The number of carbonyl (C=O) groups is 4. The highest BCUT2D eigenvalue weighted by Crippen LogP contribution is 2.45. The number of unbranched alkanes of at least 4 members (excludes halogenated alkanes) is 38. The first-order valence-electron chi connectivity index (χ1n) is 40.3. The van der Waals surface area contributed by atoms with Crippen molar-refractivity contribution >= 4 is 39.5 Å². The molecule has 19 heteroatoms. The van der Waals surface area contributed by atoms with Crippen molar-refractivity contribution in [2.75, 3.05) is 39.6 Å². The van der Waals surface area contributed by atoms with Crippen molar-refractivity contribution in [3.8, 4) is 0 Å². The third kappa shape index (κ3) is 68.3. The minimum absolute atomic E-state index is 0.103. The first-order valence-corrected chi connectivity index (χ1v) is 43.3. The third-order valence-corrected chi connectivity index (χ3v) is 21.1. The van der Waals surface area contributed by atoms with Crippen molar-refractivity contribution < 1.29 is 80.2 Å². The van der Waals surface area contributed by atoms with Crippen LogP contribution in [0.5, 0.6) is 0 Å². The van der Waals surface area contributed by atoms with Gasteiger partial charge in [0.25, 0.3) is 0 Å². The van der Waals surface area contributed by atoms with Gasteiger partial charge in [-0.3, -0.25) is 37.3 Å². The fourth-order valence-corrected chi connectivity index (χ4v) is 13.4. The lowest BCUT2D eigenvalue weighted by Crippen LogP contribution is -2.30. The number of phosphoric acid groups is 2. The molecule has 0 amide bonds. The fraction of sp³-hybridized carbons (Fsp3) is 0.949. The zero-order valence-corrected chi connectivity index (χ0v) is 65.5. The summed E-state index contributed by atoms with van der Waals surface area (Å²) in [6.45, 7) is 14.2. The van der Waals surface area contributed by atoms with E-state index in [1.807, 2.05) is 0 Å². The molecule has 0 saturated heterocycles. The van der Waals surface area contributed by atoms with Gasteiger partial charge in [-0.2, -0.15) is 0 Å². The normalized spacial score (nSPS) is 14.9. The number of hydrogen-bond acceptors (Lipinski definition) is 15. The number of rotatable bonds is 75. The second-order valence-electron chi connectivity index (χ2n) is 29.3. The standard InChI is InChI=1S/C78H152O17P2/c1-9-69(6)55-47-39-31-24-20-18-16-14-12-13-15-17-19-21-26-33-42-50-58-75(80)88-64-73(94-77(82)60-52-44-34-27-23-22-25-32-40-48-56-70(7)10-2)66-92-96(84,85)90-62-72(79)63-91-97(86,87)93-67-74(65-89-76(81)59-51-43-37-36-41-49-57-71(8)11-3)95-78(83)61-53-45-35-29-28-30-38-46-54-68(4)5/h68-74,79H,9-67H2,1-8H3,(H,84,85)(H,86,87)/t69?,70?,71?,72-,73-,74-/m1/s1. The van der Waals surface area contributed by atoms with Crippen LogP contribution in [-0.4, -0.2) is 96.7 Å². The van der Waals surface area contributed by atoms with Crippen LogP contribution in [0, 0.1) is 23.7 Å². The molecule has 5 unspecified atom stereocenters. The maximum atomic E-state index is 13.1. The van der Waals surface area contributed by atoms with Crippen LogP contribution in [0.1, 0.15) is 396 Å². The first kappa shape index (κ1) is 95.1. The lowest BCUT2D eigenvalue weighted by molar-refractivity contribution is -0.161. The summed E-state index contributed by atoms with van der Waals surface area (Å²) in [6.07, 6.45) is 52.8. The summed E-state index contributed by atoms with van der Waals surface area (Å²) in [4.78, 5) is 72.8. The average molecular weight is 1420 g/mol. The minimum Gasteiger partial charge on any atom is -0.462 e. The van der Waals surface area contributed by atoms with Crippen molar-refractivity contribution in [1.82, 2.24) is 0 Å². The van der Waals surface area contributed by atoms with Gasteiger partial charge in [0.1, 0.15) is 19.3 Å². The van der Waals surface area contributed by atoms with E-state index in [-0.39, 0.29) is 25.7 Å². The van der Waals surface area contributed by atoms with E-state index in [9.17, 15) is 43.2 Å². The van der Waals surface area contributed by atoms with Crippen LogP contribution in [0.3, 0.4) is 0 Å². The Hall–Kier alpha value is -1.94. The number of phosphoric ester groups is 2. The smallest absolute Gasteiger partial charge is 0.462 e. The highest BCUT2D eigenvalue weighted by atomic mass is 31.2. The number of ether oxygens (including phenoxy) is 4. The summed E-state index contributed by atoms with van der Waals surface area (Å²) >= 11 is 0. The molecular formula is C78H152O17P2. The molecule has 0 aliphatic carbocycles. The molecule has 0 aromatic rings. The SMILES string of the molecule is CCC(C)CCCCCCCCCCCCCCCCCCCCC(=O)OC[C@H](COP(=O)(O)OC[C@@H](O)COP(=O)(O)OC[C@@H](COC(=O)CCCCCCCCC(C)CC)OC(=O)CCCCCCCCCCC(C)C)OC(=O)CCCCCCCCCCCCC(C)CC. The van der Waals surface area contributed by atoms with E-state index in [1.165, 1.54) is 193 Å². The monoisotopic (exact) mass is 1420 g/mol. The summed E-state index contributed by atoms with van der Waals surface area (Å²) in [6, 6.07) is 0. The maximum absolute atomic E-state index is 13.1. The van der Waals surface area contributed by atoms with E-state index in [0.717, 1.165) is 120 Å². The molecule has 0 rings (SSSR count). The van der Waals surface area contributed by atoms with Gasteiger partial charge in [-0.05, 0) is 49.4 Å². The maximum Gasteiger partial charge on any atom is 0.472 e. The van der Waals surface area contributed by atoms with E-state index >= 15 is 0 Å². The molecule has 3 N–H and O–H groups in total. The molecule has 0 spiro atoms. The first-order chi connectivity index (χ1) is 46.7. The average Bonchev–Trinajstić information content (AvgIpc) is 0.987. The molecule has 17 nitrogen and oxygen atoms in total. The highest BCUT2D eigenvalue weighted by molar-refractivity contribution is 7.47. The molecule has 0 saturated carbocycles. The zero-order chi connectivity index (χ0) is 71.7. The molecule has 0 bridgehead atoms. The van der Waals surface area contributed by atoms with Crippen LogP contribution in [-0.2, 0) is 65.4 Å². The number of esters is 4. The van der Waals surface area contributed by atoms with Crippen molar-refractivity contribution in [3.05, 3.63) is 0 Å². The molecule has 0 radical (unpaired) electrons. The molecular weight excluding hydrogens is 1270 g/mol.